The number of hydrogen-bond acceptors (Lipinski definition) is 4. The maximum atomic E-state index is 2.54. The van der Waals surface area contributed by atoms with E-state index in [1.165, 1.54) is 105 Å². The van der Waals surface area contributed by atoms with Crippen LogP contribution in [0.2, 0.25) is 0 Å². The Bertz CT molecular complexity index is 2700. The predicted molar refractivity (Wildman–Crippen MR) is 220 cm³/mol. The standard InChI is InChI=1S/C44H34S4/c1-43(2,3)23-17-27-25-11-13-33-29(21-37(47-33)35-9-7-15-45-35)39(25)31-19-24(44(4,5)6)20-32-40-26(28(18-23)41(27)42(31)32)12-14-34-30(40)22-38(48-34)36-10-8-16-46-36/h7-22H,1-6H3. The van der Waals surface area contributed by atoms with Crippen molar-refractivity contribution in [2.24, 2.45) is 0 Å². The summed E-state index contributed by atoms with van der Waals surface area (Å²) in [4.78, 5) is 5.41. The molecule has 6 aromatic carbocycles. The fraction of sp³-hybridized carbons (Fsp3) is 0.182. The lowest BCUT2D eigenvalue weighted by molar-refractivity contribution is 0.591. The number of benzene rings is 6. The minimum absolute atomic E-state index is 0.00214. The van der Waals surface area contributed by atoms with Gasteiger partial charge in [0.1, 0.15) is 0 Å². The second kappa shape index (κ2) is 9.89. The molecule has 0 spiro atoms. The lowest BCUT2D eigenvalue weighted by Gasteiger charge is -2.26. The molecule has 0 unspecified atom stereocenters. The van der Waals surface area contributed by atoms with Crippen molar-refractivity contribution >= 4 is 119 Å². The Morgan fingerprint density at radius 3 is 1.19 bits per heavy atom. The van der Waals surface area contributed by atoms with Crippen molar-refractivity contribution in [3.63, 3.8) is 0 Å². The normalized spacial score (nSPS) is 13.2. The molecule has 234 valence electrons. The second-order valence-electron chi connectivity index (χ2n) is 15.4. The molecule has 48 heavy (non-hydrogen) atoms. The van der Waals surface area contributed by atoms with E-state index in [0.717, 1.165) is 0 Å². The van der Waals surface area contributed by atoms with E-state index in [0.29, 0.717) is 0 Å². The zero-order valence-corrected chi connectivity index (χ0v) is 31.1. The van der Waals surface area contributed by atoms with E-state index in [1.807, 2.05) is 45.3 Å². The minimum Gasteiger partial charge on any atom is -0.143 e. The first-order valence-corrected chi connectivity index (χ1v) is 20.0. The smallest absolute Gasteiger partial charge is 0.0455 e. The van der Waals surface area contributed by atoms with Gasteiger partial charge in [0.25, 0.3) is 0 Å². The van der Waals surface area contributed by atoms with Gasteiger partial charge in [0.15, 0.2) is 0 Å². The van der Waals surface area contributed by atoms with Gasteiger partial charge in [-0.2, -0.15) is 0 Å². The highest BCUT2D eigenvalue weighted by Gasteiger charge is 2.26. The van der Waals surface area contributed by atoms with Gasteiger partial charge in [0.2, 0.25) is 0 Å². The molecule has 4 aromatic heterocycles. The summed E-state index contributed by atoms with van der Waals surface area (Å²) in [5.41, 5.74) is 2.79. The van der Waals surface area contributed by atoms with Crippen LogP contribution in [0.15, 0.2) is 95.7 Å². The quantitative estimate of drug-likeness (QED) is 0.125. The molecule has 0 atom stereocenters. The summed E-state index contributed by atoms with van der Waals surface area (Å²) in [6.07, 6.45) is 0. The van der Waals surface area contributed by atoms with Crippen molar-refractivity contribution in [3.05, 3.63) is 107 Å². The summed E-state index contributed by atoms with van der Waals surface area (Å²) < 4.78 is 2.72. The zero-order valence-electron chi connectivity index (χ0n) is 27.9. The Morgan fingerprint density at radius 2 is 0.792 bits per heavy atom. The molecule has 0 aliphatic rings. The van der Waals surface area contributed by atoms with Gasteiger partial charge < -0.3 is 0 Å². The first-order valence-electron chi connectivity index (χ1n) is 16.6. The SMILES string of the molecule is CC(C)(C)c1cc2c3ccc4sc(-c5cccs5)cc4c3c3cc(C(C)(C)C)cc4c5c6cc(-c7cccs7)sc6ccc5c(c1)c2c34. The maximum absolute atomic E-state index is 2.54. The van der Waals surface area contributed by atoms with Crippen LogP contribution in [-0.2, 0) is 10.8 Å². The number of rotatable bonds is 2. The van der Waals surface area contributed by atoms with Crippen LogP contribution in [0.3, 0.4) is 0 Å². The Labute approximate surface area is 296 Å². The van der Waals surface area contributed by atoms with Crippen molar-refractivity contribution < 1.29 is 0 Å². The topological polar surface area (TPSA) is 0 Å². The molecule has 0 N–H and O–H groups in total. The monoisotopic (exact) mass is 690 g/mol. The molecule has 0 amide bonds. The van der Waals surface area contributed by atoms with E-state index < -0.39 is 0 Å². The van der Waals surface area contributed by atoms with Crippen molar-refractivity contribution in [1.29, 1.82) is 0 Å². The average Bonchev–Trinajstić information content (AvgIpc) is 3.87. The van der Waals surface area contributed by atoms with Gasteiger partial charge in [-0.05, 0) is 147 Å². The summed E-state index contributed by atoms with van der Waals surface area (Å²) in [6, 6.07) is 33.5. The predicted octanol–water partition coefficient (Wildman–Crippen LogP) is 15.4. The molecule has 10 aromatic rings. The van der Waals surface area contributed by atoms with Crippen LogP contribution < -0.4 is 0 Å². The van der Waals surface area contributed by atoms with Crippen LogP contribution >= 0.6 is 45.3 Å². The van der Waals surface area contributed by atoms with Gasteiger partial charge in [-0.1, -0.05) is 65.8 Å². The van der Waals surface area contributed by atoms with Crippen molar-refractivity contribution in [2.45, 2.75) is 52.4 Å². The molecule has 0 fully saturated rings. The third-order valence-corrected chi connectivity index (χ3v) is 14.6. The summed E-state index contributed by atoms with van der Waals surface area (Å²) in [5, 5.41) is 21.0. The van der Waals surface area contributed by atoms with Crippen LogP contribution in [0, 0.1) is 0 Å². The molecule has 0 saturated carbocycles. The third kappa shape index (κ3) is 4.10. The largest absolute Gasteiger partial charge is 0.143 e. The molecule has 0 aliphatic heterocycles. The molecular formula is C44H34S4. The van der Waals surface area contributed by atoms with E-state index in [1.54, 1.807) is 0 Å². The Morgan fingerprint density at radius 1 is 0.375 bits per heavy atom. The van der Waals surface area contributed by atoms with Crippen molar-refractivity contribution in [2.75, 3.05) is 0 Å². The fourth-order valence-electron chi connectivity index (χ4n) is 7.84. The third-order valence-electron chi connectivity index (χ3n) is 10.3. The van der Waals surface area contributed by atoms with Gasteiger partial charge in [0.05, 0.1) is 0 Å². The molecule has 0 nitrogen and oxygen atoms in total. The first-order chi connectivity index (χ1) is 23.0. The molecule has 4 heterocycles. The van der Waals surface area contributed by atoms with E-state index >= 15 is 0 Å². The van der Waals surface area contributed by atoms with Crippen LogP contribution in [0.5, 0.6) is 0 Å². The maximum Gasteiger partial charge on any atom is 0.0455 e. The lowest BCUT2D eigenvalue weighted by Crippen LogP contribution is -2.12. The molecule has 0 radical (unpaired) electrons. The highest BCUT2D eigenvalue weighted by molar-refractivity contribution is 7.26. The number of thiophene rings is 4. The number of hydrogen-bond donors (Lipinski definition) is 0. The number of fused-ring (bicyclic) bond motifs is 10. The fourth-order valence-corrected chi connectivity index (χ4v) is 11.6. The Kier molecular flexibility index (Phi) is 6.00. The highest BCUT2D eigenvalue weighted by Crippen LogP contribution is 2.52. The Balaban J connectivity index is 1.50. The van der Waals surface area contributed by atoms with E-state index in [4.69, 9.17) is 0 Å². The molecule has 0 bridgehead atoms. The summed E-state index contributed by atoms with van der Waals surface area (Å²) in [7, 11) is 0. The summed E-state index contributed by atoms with van der Waals surface area (Å²) >= 11 is 7.52. The van der Waals surface area contributed by atoms with Gasteiger partial charge in [0, 0.05) is 39.7 Å². The summed E-state index contributed by atoms with van der Waals surface area (Å²) in [6.45, 7) is 14.2. The average molecular weight is 691 g/mol. The van der Waals surface area contributed by atoms with E-state index in [2.05, 4.69) is 137 Å². The van der Waals surface area contributed by atoms with Gasteiger partial charge in [-0.25, -0.2) is 0 Å². The Hall–Kier alpha value is -3.80. The van der Waals surface area contributed by atoms with Gasteiger partial charge in [-0.15, -0.1) is 45.3 Å². The molecule has 0 saturated heterocycles. The second-order valence-corrected chi connectivity index (χ2v) is 19.4. The lowest BCUT2D eigenvalue weighted by atomic mass is 9.77. The van der Waals surface area contributed by atoms with Crippen LogP contribution in [-0.4, -0.2) is 0 Å². The summed E-state index contributed by atoms with van der Waals surface area (Å²) in [5.74, 6) is 0. The molecule has 10 rings (SSSR count). The molecule has 4 heteroatoms. The van der Waals surface area contributed by atoms with E-state index in [-0.39, 0.29) is 10.8 Å². The highest BCUT2D eigenvalue weighted by atomic mass is 32.1. The van der Waals surface area contributed by atoms with Gasteiger partial charge in [-0.3, -0.25) is 0 Å². The molecular weight excluding hydrogens is 657 g/mol. The van der Waals surface area contributed by atoms with Crippen molar-refractivity contribution in [1.82, 2.24) is 0 Å². The van der Waals surface area contributed by atoms with E-state index in [9.17, 15) is 0 Å². The first kappa shape index (κ1) is 29.1. The van der Waals surface area contributed by atoms with Crippen molar-refractivity contribution in [3.8, 4) is 19.5 Å². The van der Waals surface area contributed by atoms with Crippen LogP contribution in [0.25, 0.3) is 93.5 Å². The van der Waals surface area contributed by atoms with Crippen LogP contribution in [0.4, 0.5) is 0 Å². The van der Waals surface area contributed by atoms with Gasteiger partial charge >= 0.3 is 0 Å². The molecule has 0 aliphatic carbocycles. The zero-order chi connectivity index (χ0) is 32.7. The minimum atomic E-state index is -0.00214. The van der Waals surface area contributed by atoms with Crippen LogP contribution in [0.1, 0.15) is 52.7 Å².